The molecular weight excluding hydrogens is 628 g/mol. The molecule has 0 saturated carbocycles. The van der Waals surface area contributed by atoms with E-state index in [0.717, 1.165) is 48.5 Å². The highest BCUT2D eigenvalue weighted by molar-refractivity contribution is 7.87. The summed E-state index contributed by atoms with van der Waals surface area (Å²) in [6, 6.07) is 16.2. The number of benzene rings is 3. The summed E-state index contributed by atoms with van der Waals surface area (Å²) in [6.07, 6.45) is -8.41. The Bertz CT molecular complexity index is 1720. The second-order valence-electron chi connectivity index (χ2n) is 9.49. The maximum Gasteiger partial charge on any atom is 0.297 e. The van der Waals surface area contributed by atoms with E-state index in [9.17, 15) is 37.1 Å². The molecule has 234 valence electrons. The summed E-state index contributed by atoms with van der Waals surface area (Å²) >= 11 is 0. The molecule has 2 heterocycles. The predicted molar refractivity (Wildman–Crippen MR) is 146 cm³/mol. The van der Waals surface area contributed by atoms with E-state index in [4.69, 9.17) is 27.3 Å². The minimum Gasteiger partial charge on any atom is -0.353 e. The van der Waals surface area contributed by atoms with Crippen LogP contribution < -0.4 is 0 Å². The third-order valence-corrected chi connectivity index (χ3v) is 9.39. The van der Waals surface area contributed by atoms with Crippen molar-refractivity contribution in [3.8, 4) is 0 Å². The molecule has 0 spiro atoms. The number of hydrogen-bond donors (Lipinski definition) is 0. The fraction of sp³-hybridized carbons (Fsp3) is 0.308. The van der Waals surface area contributed by atoms with Crippen LogP contribution in [0.5, 0.6) is 0 Å². The lowest BCUT2D eigenvalue weighted by Gasteiger charge is -2.47. The summed E-state index contributed by atoms with van der Waals surface area (Å²) < 4.78 is 87.7. The zero-order chi connectivity index (χ0) is 31.6. The maximum absolute atomic E-state index is 13.5. The van der Waals surface area contributed by atoms with Crippen LogP contribution in [0.1, 0.15) is 11.9 Å². The molecule has 2 aliphatic rings. The highest BCUT2D eigenvalue weighted by Crippen LogP contribution is 2.39. The van der Waals surface area contributed by atoms with Crippen molar-refractivity contribution in [2.75, 3.05) is 13.7 Å². The molecule has 6 atom stereocenters. The predicted octanol–water partition coefficient (Wildman–Crippen LogP) is 2.84. The van der Waals surface area contributed by atoms with Gasteiger partial charge in [-0.05, 0) is 24.3 Å². The molecule has 0 amide bonds. The molecule has 0 bridgehead atoms. The number of rotatable bonds is 10. The van der Waals surface area contributed by atoms with E-state index >= 15 is 0 Å². The molecule has 0 aromatic heterocycles. The average molecular weight is 653 g/mol. The lowest BCUT2D eigenvalue weighted by Crippen LogP contribution is -2.64. The molecule has 2 aliphatic heterocycles. The van der Waals surface area contributed by atoms with Crippen molar-refractivity contribution in [3.63, 3.8) is 0 Å². The van der Waals surface area contributed by atoms with E-state index in [1.807, 2.05) is 0 Å². The number of nitro groups is 2. The molecule has 44 heavy (non-hydrogen) atoms. The number of ether oxygens (including phenoxy) is 4. The SMILES string of the molecule is COC1OC2COC(c3ccccc3)OC2C(OS(=O)(=O)c2ccc([N+](=O)[O-])cc2)C1OS(=O)(=O)c1ccc([N+](=O)[O-])cc1. The molecule has 3 aromatic rings. The second-order valence-corrected chi connectivity index (χ2v) is 12.6. The average Bonchev–Trinajstić information content (AvgIpc) is 3.02. The van der Waals surface area contributed by atoms with Crippen LogP contribution in [0.15, 0.2) is 88.7 Å². The first-order valence-electron chi connectivity index (χ1n) is 12.8. The van der Waals surface area contributed by atoms with Gasteiger partial charge in [-0.1, -0.05) is 30.3 Å². The van der Waals surface area contributed by atoms with Gasteiger partial charge in [-0.3, -0.25) is 28.6 Å². The third kappa shape index (κ3) is 6.61. The van der Waals surface area contributed by atoms with Gasteiger partial charge in [-0.15, -0.1) is 0 Å². The van der Waals surface area contributed by atoms with Crippen LogP contribution in [0.3, 0.4) is 0 Å². The number of nitro benzene ring substituents is 2. The van der Waals surface area contributed by atoms with Crippen LogP contribution in [0.2, 0.25) is 0 Å². The van der Waals surface area contributed by atoms with E-state index in [0.29, 0.717) is 5.56 Å². The Morgan fingerprint density at radius 2 is 1.23 bits per heavy atom. The Kier molecular flexibility index (Phi) is 9.05. The van der Waals surface area contributed by atoms with Crippen molar-refractivity contribution >= 4 is 31.6 Å². The zero-order valence-electron chi connectivity index (χ0n) is 22.6. The standard InChI is InChI=1S/C26H24N2O14S2/c1-37-26-24(42-44(35,36)20-13-9-18(10-14-20)28(31)32)23(41-43(33,34)19-11-7-17(8-12-19)27(29)30)22-21(39-26)15-38-25(40-22)16-5-3-2-4-6-16/h2-14,21-26H,15H2,1H3. The van der Waals surface area contributed by atoms with Gasteiger partial charge in [0.25, 0.3) is 31.6 Å². The van der Waals surface area contributed by atoms with Crippen molar-refractivity contribution in [3.05, 3.63) is 105 Å². The summed E-state index contributed by atoms with van der Waals surface area (Å²) in [4.78, 5) is 19.7. The Morgan fingerprint density at radius 1 is 0.727 bits per heavy atom. The molecule has 2 saturated heterocycles. The largest absolute Gasteiger partial charge is 0.353 e. The van der Waals surface area contributed by atoms with Crippen molar-refractivity contribution in [2.45, 2.75) is 46.8 Å². The molecule has 5 rings (SSSR count). The first-order chi connectivity index (χ1) is 20.9. The lowest BCUT2D eigenvalue weighted by molar-refractivity contribution is -0.385. The Hall–Kier alpha value is -3.88. The van der Waals surface area contributed by atoms with Crippen LogP contribution in [0.25, 0.3) is 0 Å². The van der Waals surface area contributed by atoms with Gasteiger partial charge >= 0.3 is 0 Å². The highest BCUT2D eigenvalue weighted by atomic mass is 32.2. The fourth-order valence-corrected chi connectivity index (χ4v) is 6.77. The summed E-state index contributed by atoms with van der Waals surface area (Å²) in [5.74, 6) is 0. The topological polar surface area (TPSA) is 210 Å². The van der Waals surface area contributed by atoms with E-state index in [1.165, 1.54) is 7.11 Å². The molecule has 18 heteroatoms. The summed E-state index contributed by atoms with van der Waals surface area (Å²) in [6.45, 7) is -0.136. The molecule has 0 N–H and O–H groups in total. The molecule has 0 aliphatic carbocycles. The van der Waals surface area contributed by atoms with Crippen LogP contribution in [0.4, 0.5) is 11.4 Å². The Labute approximate surface area is 250 Å². The first kappa shape index (κ1) is 31.5. The molecule has 3 aromatic carbocycles. The van der Waals surface area contributed by atoms with Gasteiger partial charge in [0.2, 0.25) is 0 Å². The van der Waals surface area contributed by atoms with Crippen molar-refractivity contribution < 1.29 is 54.0 Å². The molecule has 16 nitrogen and oxygen atoms in total. The monoisotopic (exact) mass is 652 g/mol. The van der Waals surface area contributed by atoms with E-state index < -0.39 is 76.9 Å². The maximum atomic E-state index is 13.5. The quantitative estimate of drug-likeness (QED) is 0.175. The number of hydrogen-bond acceptors (Lipinski definition) is 14. The highest BCUT2D eigenvalue weighted by Gasteiger charge is 2.54. The number of fused-ring (bicyclic) bond motifs is 1. The molecule has 0 radical (unpaired) electrons. The number of non-ortho nitro benzene ring substituents is 2. The van der Waals surface area contributed by atoms with Gasteiger partial charge in [0.15, 0.2) is 18.7 Å². The first-order valence-corrected chi connectivity index (χ1v) is 15.6. The van der Waals surface area contributed by atoms with Crippen molar-refractivity contribution in [1.29, 1.82) is 0 Å². The van der Waals surface area contributed by atoms with Gasteiger partial charge in [-0.2, -0.15) is 16.8 Å². The Morgan fingerprint density at radius 3 is 1.70 bits per heavy atom. The fourth-order valence-electron chi connectivity index (χ4n) is 4.60. The smallest absolute Gasteiger partial charge is 0.297 e. The summed E-state index contributed by atoms with van der Waals surface area (Å²) in [5.41, 5.74) is -0.184. The number of methoxy groups -OCH3 is 1. The molecule has 2 fully saturated rings. The molecule has 6 unspecified atom stereocenters. The van der Waals surface area contributed by atoms with Crippen LogP contribution in [-0.2, 0) is 47.5 Å². The third-order valence-electron chi connectivity index (χ3n) is 6.74. The minimum absolute atomic E-state index is 0.136. The van der Waals surface area contributed by atoms with Crippen molar-refractivity contribution in [2.24, 2.45) is 0 Å². The van der Waals surface area contributed by atoms with Crippen LogP contribution in [-0.4, -0.2) is 71.1 Å². The molecular formula is C26H24N2O14S2. The second kappa shape index (κ2) is 12.6. The van der Waals surface area contributed by atoms with Gasteiger partial charge in [0.1, 0.15) is 18.3 Å². The van der Waals surface area contributed by atoms with Crippen LogP contribution in [0, 0.1) is 20.2 Å². The summed E-state index contributed by atoms with van der Waals surface area (Å²) in [7, 11) is -8.31. The van der Waals surface area contributed by atoms with Crippen molar-refractivity contribution in [1.82, 2.24) is 0 Å². The zero-order valence-corrected chi connectivity index (χ0v) is 24.2. The van der Waals surface area contributed by atoms with E-state index in [2.05, 4.69) is 0 Å². The Balaban J connectivity index is 1.52. The minimum atomic E-state index is -4.74. The summed E-state index contributed by atoms with van der Waals surface area (Å²) in [5, 5.41) is 22.1. The normalized spacial score (nSPS) is 25.6. The van der Waals surface area contributed by atoms with Gasteiger partial charge in [0.05, 0.1) is 26.2 Å². The lowest BCUT2D eigenvalue weighted by atomic mass is 9.98. The van der Waals surface area contributed by atoms with E-state index in [1.54, 1.807) is 30.3 Å². The van der Waals surface area contributed by atoms with Gasteiger partial charge in [0, 0.05) is 36.9 Å². The number of nitrogens with zero attached hydrogens (tertiary/aromatic N) is 2. The van der Waals surface area contributed by atoms with E-state index in [-0.39, 0.29) is 18.0 Å². The van der Waals surface area contributed by atoms with Gasteiger partial charge in [-0.25, -0.2) is 0 Å². The van der Waals surface area contributed by atoms with Crippen LogP contribution >= 0.6 is 0 Å². The van der Waals surface area contributed by atoms with Gasteiger partial charge < -0.3 is 18.9 Å².